The molecule has 2 fully saturated rings. The number of amides is 1. The number of methoxy groups -OCH3 is 1. The second-order valence-electron chi connectivity index (χ2n) is 5.68. The lowest BCUT2D eigenvalue weighted by Crippen LogP contribution is -2.60. The monoisotopic (exact) mass is 267 g/mol. The molecule has 3 atom stereocenters. The second-order valence-corrected chi connectivity index (χ2v) is 5.68. The molecule has 0 radical (unpaired) electrons. The number of β-lactam (4-membered cyclic amide) rings is 1. The highest BCUT2D eigenvalue weighted by atomic mass is 16.5. The number of benzene rings is 1. The number of nitrogens with zero attached hydrogens (tertiary/aromatic N) is 1. The van der Waals surface area contributed by atoms with Crippen molar-refractivity contribution < 1.29 is 9.53 Å². The van der Waals surface area contributed by atoms with Crippen molar-refractivity contribution in [2.45, 2.75) is 18.9 Å². The fraction of sp³-hybridized carbons (Fsp3) is 0.353. The Morgan fingerprint density at radius 2 is 2.05 bits per heavy atom. The average molecular weight is 267 g/mol. The summed E-state index contributed by atoms with van der Waals surface area (Å²) in [6.45, 7) is 0. The summed E-state index contributed by atoms with van der Waals surface area (Å²) in [5, 5.41) is 0. The zero-order valence-corrected chi connectivity index (χ0v) is 11.5. The van der Waals surface area contributed by atoms with Gasteiger partial charge in [-0.05, 0) is 37.1 Å². The summed E-state index contributed by atoms with van der Waals surface area (Å²) in [6, 6.07) is 8.10. The first-order valence-electron chi connectivity index (χ1n) is 7.12. The van der Waals surface area contributed by atoms with E-state index in [1.807, 2.05) is 29.2 Å². The Labute approximate surface area is 118 Å². The summed E-state index contributed by atoms with van der Waals surface area (Å²) in [5.74, 6) is 1.70. The zero-order chi connectivity index (χ0) is 13.7. The molecule has 4 rings (SSSR count). The number of ether oxygens (including phenoxy) is 1. The van der Waals surface area contributed by atoms with Gasteiger partial charge in [-0.25, -0.2) is 0 Å². The Bertz CT molecular complexity index is 614. The molecule has 0 spiro atoms. The predicted octanol–water partition coefficient (Wildman–Crippen LogP) is 2.93. The van der Waals surface area contributed by atoms with E-state index in [0.29, 0.717) is 12.0 Å². The molecule has 1 amide bonds. The van der Waals surface area contributed by atoms with Crippen LogP contribution in [0, 0.1) is 11.8 Å². The Kier molecular flexibility index (Phi) is 2.49. The molecule has 20 heavy (non-hydrogen) atoms. The van der Waals surface area contributed by atoms with Crippen LogP contribution in [-0.4, -0.2) is 19.1 Å². The van der Waals surface area contributed by atoms with Gasteiger partial charge in [-0.1, -0.05) is 23.8 Å². The van der Waals surface area contributed by atoms with Crippen LogP contribution in [0.15, 0.2) is 48.1 Å². The molecule has 102 valence electrons. The number of carbonyl (C=O) groups is 1. The van der Waals surface area contributed by atoms with Gasteiger partial charge in [0.05, 0.1) is 19.1 Å². The first-order valence-corrected chi connectivity index (χ1v) is 7.12. The maximum absolute atomic E-state index is 12.4. The maximum Gasteiger partial charge on any atom is 0.232 e. The van der Waals surface area contributed by atoms with E-state index in [1.165, 1.54) is 5.57 Å². The van der Waals surface area contributed by atoms with E-state index >= 15 is 0 Å². The van der Waals surface area contributed by atoms with Gasteiger partial charge in [-0.15, -0.1) is 0 Å². The Morgan fingerprint density at radius 1 is 1.25 bits per heavy atom. The van der Waals surface area contributed by atoms with E-state index in [0.717, 1.165) is 24.3 Å². The van der Waals surface area contributed by atoms with Gasteiger partial charge in [0.15, 0.2) is 0 Å². The third kappa shape index (κ3) is 1.49. The Hall–Kier alpha value is -2.03. The second kappa shape index (κ2) is 4.23. The number of fused-ring (bicyclic) bond motifs is 3. The SMILES string of the molecule is COc1ccc(N2C(=O)[C@H]3CC4=CCC=C[C@@H]4[C@H]32)cc1. The molecule has 0 bridgehead atoms. The van der Waals surface area contributed by atoms with Crippen LogP contribution in [0.3, 0.4) is 0 Å². The van der Waals surface area contributed by atoms with E-state index < -0.39 is 0 Å². The lowest BCUT2D eigenvalue weighted by Gasteiger charge is -2.45. The van der Waals surface area contributed by atoms with Gasteiger partial charge in [-0.2, -0.15) is 0 Å². The smallest absolute Gasteiger partial charge is 0.232 e. The molecule has 0 N–H and O–H groups in total. The van der Waals surface area contributed by atoms with E-state index in [2.05, 4.69) is 18.2 Å². The summed E-state index contributed by atoms with van der Waals surface area (Å²) in [4.78, 5) is 14.3. The standard InChI is InChI=1S/C17H17NO2/c1-20-13-8-6-12(7-9-13)18-16-14-5-3-2-4-11(14)10-15(16)17(18)19/h3-9,14-16H,2,10H2,1H3/t14-,15-,16+/m0/s1. The van der Waals surface area contributed by atoms with Crippen molar-refractivity contribution in [1.29, 1.82) is 0 Å². The molecule has 1 aromatic carbocycles. The van der Waals surface area contributed by atoms with Crippen molar-refractivity contribution >= 4 is 11.6 Å². The molecule has 0 aromatic heterocycles. The number of hydrogen-bond acceptors (Lipinski definition) is 2. The highest BCUT2D eigenvalue weighted by Crippen LogP contribution is 2.50. The normalized spacial score (nSPS) is 30.4. The van der Waals surface area contributed by atoms with E-state index in [-0.39, 0.29) is 11.8 Å². The van der Waals surface area contributed by atoms with Crippen LogP contribution < -0.4 is 9.64 Å². The molecule has 1 saturated heterocycles. The number of hydrogen-bond donors (Lipinski definition) is 0. The molecule has 0 unspecified atom stereocenters. The molecule has 3 aliphatic rings. The quantitative estimate of drug-likeness (QED) is 0.609. The largest absolute Gasteiger partial charge is 0.497 e. The molecule has 3 heteroatoms. The Morgan fingerprint density at radius 3 is 2.80 bits per heavy atom. The minimum absolute atomic E-state index is 0.191. The van der Waals surface area contributed by atoms with E-state index in [9.17, 15) is 4.79 Å². The van der Waals surface area contributed by atoms with Crippen LogP contribution in [0.5, 0.6) is 5.75 Å². The molecule has 1 aliphatic heterocycles. The lowest BCUT2D eigenvalue weighted by atomic mass is 9.84. The molecular formula is C17H17NO2. The van der Waals surface area contributed by atoms with Crippen molar-refractivity contribution in [1.82, 2.24) is 0 Å². The van der Waals surface area contributed by atoms with E-state index in [4.69, 9.17) is 4.74 Å². The van der Waals surface area contributed by atoms with Crippen LogP contribution >= 0.6 is 0 Å². The zero-order valence-electron chi connectivity index (χ0n) is 11.5. The average Bonchev–Trinajstić information content (AvgIpc) is 2.83. The summed E-state index contributed by atoms with van der Waals surface area (Å²) in [7, 11) is 1.65. The van der Waals surface area contributed by atoms with Gasteiger partial charge in [0.1, 0.15) is 5.75 Å². The molecule has 2 aliphatic carbocycles. The van der Waals surface area contributed by atoms with Crippen molar-refractivity contribution in [2.75, 3.05) is 12.0 Å². The number of allylic oxidation sites excluding steroid dienone is 2. The van der Waals surface area contributed by atoms with Crippen LogP contribution in [0.4, 0.5) is 5.69 Å². The van der Waals surface area contributed by atoms with Crippen molar-refractivity contribution in [3.8, 4) is 5.75 Å². The number of rotatable bonds is 2. The highest BCUT2D eigenvalue weighted by Gasteiger charge is 2.56. The van der Waals surface area contributed by atoms with Crippen LogP contribution in [-0.2, 0) is 4.79 Å². The summed E-state index contributed by atoms with van der Waals surface area (Å²) in [5.41, 5.74) is 2.43. The number of carbonyl (C=O) groups excluding carboxylic acids is 1. The minimum Gasteiger partial charge on any atom is -0.497 e. The maximum atomic E-state index is 12.4. The molecule has 1 heterocycles. The van der Waals surface area contributed by atoms with Gasteiger partial charge in [0.25, 0.3) is 0 Å². The lowest BCUT2D eigenvalue weighted by molar-refractivity contribution is -0.129. The summed E-state index contributed by atoms with van der Waals surface area (Å²) in [6.07, 6.45) is 8.75. The topological polar surface area (TPSA) is 29.5 Å². The first-order chi connectivity index (χ1) is 9.79. The van der Waals surface area contributed by atoms with Gasteiger partial charge < -0.3 is 9.64 Å². The summed E-state index contributed by atoms with van der Waals surface area (Å²) >= 11 is 0. The van der Waals surface area contributed by atoms with Crippen LogP contribution in [0.1, 0.15) is 12.8 Å². The van der Waals surface area contributed by atoms with Crippen LogP contribution in [0.25, 0.3) is 0 Å². The fourth-order valence-electron chi connectivity index (χ4n) is 3.74. The van der Waals surface area contributed by atoms with Crippen molar-refractivity contribution in [3.63, 3.8) is 0 Å². The predicted molar refractivity (Wildman–Crippen MR) is 77.7 cm³/mol. The van der Waals surface area contributed by atoms with Gasteiger partial charge in [0.2, 0.25) is 5.91 Å². The van der Waals surface area contributed by atoms with Gasteiger partial charge >= 0.3 is 0 Å². The van der Waals surface area contributed by atoms with E-state index in [1.54, 1.807) is 7.11 Å². The molecule has 1 aromatic rings. The molecule has 3 nitrogen and oxygen atoms in total. The Balaban J connectivity index is 1.66. The van der Waals surface area contributed by atoms with Crippen LogP contribution in [0.2, 0.25) is 0 Å². The number of anilines is 1. The summed E-state index contributed by atoms with van der Waals surface area (Å²) < 4.78 is 5.18. The molecule has 1 saturated carbocycles. The minimum atomic E-state index is 0.191. The van der Waals surface area contributed by atoms with Gasteiger partial charge in [0, 0.05) is 11.6 Å². The first kappa shape index (κ1) is 11.8. The third-order valence-corrected chi connectivity index (χ3v) is 4.73. The van der Waals surface area contributed by atoms with Crippen molar-refractivity contribution in [2.24, 2.45) is 11.8 Å². The third-order valence-electron chi connectivity index (χ3n) is 4.73. The highest BCUT2D eigenvalue weighted by molar-refractivity contribution is 6.04. The van der Waals surface area contributed by atoms with Crippen molar-refractivity contribution in [3.05, 3.63) is 48.1 Å². The molecular weight excluding hydrogens is 250 g/mol. The fourth-order valence-corrected chi connectivity index (χ4v) is 3.74. The van der Waals surface area contributed by atoms with Gasteiger partial charge in [-0.3, -0.25) is 4.79 Å².